The van der Waals surface area contributed by atoms with Gasteiger partial charge in [-0.1, -0.05) is 11.8 Å². The zero-order chi connectivity index (χ0) is 29.1. The van der Waals surface area contributed by atoms with Gasteiger partial charge in [0.2, 0.25) is 0 Å². The number of aromatic nitrogens is 1. The summed E-state index contributed by atoms with van der Waals surface area (Å²) in [5.74, 6) is 4.96. The van der Waals surface area contributed by atoms with Crippen molar-refractivity contribution in [2.24, 2.45) is 0 Å². The van der Waals surface area contributed by atoms with E-state index in [4.69, 9.17) is 9.47 Å². The number of fused-ring (bicyclic) bond motifs is 1. The standard InChI is InChI=1S/C28H28F4N4O4S/c1-35-11-8-21(20(29)14-35)34-22-5-3-10-36-24(22)13-17(26(36)41-28(30,31)32)4-2-9-33-23-12-18(27(37)38)6-7-25(23)40-19-15-39-16-19/h3,5-7,10,12-13,19-21,33-34H,8-9,11,14-16H2,1H3,(H,37,38)/t20-,21+/m0/s1. The van der Waals surface area contributed by atoms with Crippen molar-refractivity contribution in [2.75, 3.05) is 50.5 Å². The first-order chi connectivity index (χ1) is 19.6. The molecule has 2 aliphatic rings. The second kappa shape index (κ2) is 12.1. The average molecular weight is 593 g/mol. The van der Waals surface area contributed by atoms with Crippen LogP contribution < -0.4 is 15.4 Å². The van der Waals surface area contributed by atoms with E-state index in [1.807, 2.05) is 11.9 Å². The fourth-order valence-electron chi connectivity index (χ4n) is 4.66. The van der Waals surface area contributed by atoms with Crippen LogP contribution in [-0.2, 0) is 4.74 Å². The van der Waals surface area contributed by atoms with E-state index >= 15 is 0 Å². The Morgan fingerprint density at radius 3 is 2.73 bits per heavy atom. The largest absolute Gasteiger partial charge is 0.483 e. The van der Waals surface area contributed by atoms with Crippen LogP contribution in [0.3, 0.4) is 0 Å². The van der Waals surface area contributed by atoms with Crippen molar-refractivity contribution in [2.45, 2.75) is 35.3 Å². The number of alkyl halides is 4. The number of nitrogens with one attached hydrogen (secondary N) is 2. The van der Waals surface area contributed by atoms with Gasteiger partial charge in [0.15, 0.2) is 0 Å². The number of carboxylic acid groups (broad SMARTS) is 1. The second-order valence-corrected chi connectivity index (χ2v) is 10.9. The predicted molar refractivity (Wildman–Crippen MR) is 148 cm³/mol. The number of carboxylic acids is 1. The lowest BCUT2D eigenvalue weighted by Crippen LogP contribution is -2.46. The number of hydrogen-bond acceptors (Lipinski definition) is 7. The summed E-state index contributed by atoms with van der Waals surface area (Å²) < 4.78 is 67.6. The number of halogens is 4. The zero-order valence-electron chi connectivity index (χ0n) is 22.0. The summed E-state index contributed by atoms with van der Waals surface area (Å²) in [6.07, 6.45) is 0.802. The summed E-state index contributed by atoms with van der Waals surface area (Å²) in [7, 11) is 1.84. The summed E-state index contributed by atoms with van der Waals surface area (Å²) in [4.78, 5) is 13.3. The lowest BCUT2D eigenvalue weighted by atomic mass is 10.0. The first-order valence-electron chi connectivity index (χ1n) is 12.9. The van der Waals surface area contributed by atoms with Crippen molar-refractivity contribution in [1.29, 1.82) is 0 Å². The van der Waals surface area contributed by atoms with Gasteiger partial charge >= 0.3 is 11.5 Å². The van der Waals surface area contributed by atoms with Crippen LogP contribution in [0.25, 0.3) is 5.52 Å². The van der Waals surface area contributed by atoms with Gasteiger partial charge in [0.1, 0.15) is 23.1 Å². The van der Waals surface area contributed by atoms with Crippen molar-refractivity contribution < 1.29 is 36.9 Å². The van der Waals surface area contributed by atoms with Crippen molar-refractivity contribution >= 4 is 34.6 Å². The molecule has 0 radical (unpaired) electrons. The van der Waals surface area contributed by atoms with Crippen LogP contribution in [-0.4, -0.2) is 84.1 Å². The fraction of sp³-hybridized carbons (Fsp3) is 0.393. The minimum Gasteiger partial charge on any atom is -0.483 e. The molecule has 3 N–H and O–H groups in total. The Hall–Kier alpha value is -3.60. The van der Waals surface area contributed by atoms with Crippen molar-refractivity contribution in [3.8, 4) is 17.6 Å². The number of carbonyl (C=O) groups is 1. The Morgan fingerprint density at radius 2 is 2.05 bits per heavy atom. The molecular weight excluding hydrogens is 564 g/mol. The smallest absolute Gasteiger partial charge is 0.447 e. The number of piperidine rings is 1. The van der Waals surface area contributed by atoms with Crippen LogP contribution in [0.2, 0.25) is 0 Å². The maximum absolute atomic E-state index is 14.7. The normalized spacial score (nSPS) is 19.7. The maximum atomic E-state index is 14.7. The average Bonchev–Trinajstić information content (AvgIpc) is 3.22. The molecule has 2 aliphatic heterocycles. The third-order valence-corrected chi connectivity index (χ3v) is 7.62. The molecule has 5 rings (SSSR count). The topological polar surface area (TPSA) is 87.5 Å². The van der Waals surface area contributed by atoms with Crippen LogP contribution >= 0.6 is 11.8 Å². The Balaban J connectivity index is 1.40. The van der Waals surface area contributed by atoms with Gasteiger partial charge in [-0.2, -0.15) is 13.2 Å². The molecule has 0 aliphatic carbocycles. The number of aromatic carboxylic acids is 1. The van der Waals surface area contributed by atoms with Crippen LogP contribution in [0.5, 0.6) is 5.75 Å². The molecular formula is C28H28F4N4O4S. The number of thioether (sulfide) groups is 1. The lowest BCUT2D eigenvalue weighted by molar-refractivity contribution is -0.0794. The minimum atomic E-state index is -4.56. The summed E-state index contributed by atoms with van der Waals surface area (Å²) in [5, 5.41) is 15.5. The quantitative estimate of drug-likeness (QED) is 0.193. The number of pyridine rings is 1. The highest BCUT2D eigenvalue weighted by Gasteiger charge is 2.33. The van der Waals surface area contributed by atoms with E-state index in [0.717, 1.165) is 0 Å². The van der Waals surface area contributed by atoms with Crippen LogP contribution in [0, 0.1) is 11.8 Å². The molecule has 2 saturated heterocycles. The number of likely N-dealkylation sites (tertiary alicyclic amines) is 1. The molecule has 0 spiro atoms. The fourth-order valence-corrected chi connectivity index (χ4v) is 5.36. The SMILES string of the molecule is CN1CC[C@@H](Nc2cccn3c(SC(F)(F)F)c(C#CCNc4cc(C(=O)O)ccc4OC4COC4)cc23)[C@@H](F)C1. The first-order valence-corrected chi connectivity index (χ1v) is 13.7. The molecule has 41 heavy (non-hydrogen) atoms. The highest BCUT2D eigenvalue weighted by molar-refractivity contribution is 8.00. The van der Waals surface area contributed by atoms with E-state index in [1.54, 1.807) is 18.2 Å². The van der Waals surface area contributed by atoms with Gasteiger partial charge < -0.3 is 34.5 Å². The van der Waals surface area contributed by atoms with Gasteiger partial charge in [0.25, 0.3) is 0 Å². The Labute approximate surface area is 238 Å². The third-order valence-electron chi connectivity index (χ3n) is 6.78. The lowest BCUT2D eigenvalue weighted by Gasteiger charge is -2.33. The van der Waals surface area contributed by atoms with E-state index in [9.17, 15) is 27.5 Å². The van der Waals surface area contributed by atoms with Gasteiger partial charge in [-0.15, -0.1) is 0 Å². The van der Waals surface area contributed by atoms with Gasteiger partial charge in [-0.3, -0.25) is 0 Å². The molecule has 3 aromatic rings. The molecule has 0 unspecified atom stereocenters. The van der Waals surface area contributed by atoms with Crippen LogP contribution in [0.15, 0.2) is 47.6 Å². The molecule has 218 valence electrons. The van der Waals surface area contributed by atoms with Crippen molar-refractivity contribution in [3.05, 3.63) is 53.7 Å². The molecule has 4 heterocycles. The van der Waals surface area contributed by atoms with E-state index in [1.165, 1.54) is 28.8 Å². The number of hydrogen-bond donors (Lipinski definition) is 3. The first kappa shape index (κ1) is 28.9. The Morgan fingerprint density at radius 1 is 1.24 bits per heavy atom. The molecule has 8 nitrogen and oxygen atoms in total. The molecule has 0 saturated carbocycles. The number of ether oxygens (including phenoxy) is 2. The highest BCUT2D eigenvalue weighted by Crippen LogP contribution is 2.41. The van der Waals surface area contributed by atoms with Gasteiger partial charge in [0.05, 0.1) is 53.8 Å². The van der Waals surface area contributed by atoms with Crippen molar-refractivity contribution in [1.82, 2.24) is 9.30 Å². The molecule has 2 atom stereocenters. The molecule has 1 aromatic carbocycles. The summed E-state index contributed by atoms with van der Waals surface area (Å²) in [5.41, 5.74) is -2.99. The third kappa shape index (κ3) is 7.01. The number of nitrogens with zero attached hydrogens (tertiary/aromatic N) is 2. The Bertz CT molecular complexity index is 1480. The number of rotatable bonds is 8. The molecule has 0 amide bonds. The predicted octanol–water partition coefficient (Wildman–Crippen LogP) is 4.94. The van der Waals surface area contributed by atoms with Gasteiger partial charge in [-0.05, 0) is 49.9 Å². The molecule has 13 heteroatoms. The zero-order valence-corrected chi connectivity index (χ0v) is 22.8. The Kier molecular flexibility index (Phi) is 8.53. The van der Waals surface area contributed by atoms with E-state index in [-0.39, 0.29) is 47.1 Å². The van der Waals surface area contributed by atoms with Crippen LogP contribution in [0.4, 0.5) is 28.9 Å². The van der Waals surface area contributed by atoms with E-state index < -0.39 is 23.7 Å². The van der Waals surface area contributed by atoms with Gasteiger partial charge in [0, 0.05) is 31.0 Å². The summed E-state index contributed by atoms with van der Waals surface area (Å²) in [6.45, 7) is 1.83. The van der Waals surface area contributed by atoms with E-state index in [2.05, 4.69) is 22.5 Å². The molecule has 2 aromatic heterocycles. The number of benzene rings is 1. The molecule has 2 fully saturated rings. The van der Waals surface area contributed by atoms with Crippen molar-refractivity contribution in [3.63, 3.8) is 0 Å². The van der Waals surface area contributed by atoms with Gasteiger partial charge in [-0.25, -0.2) is 9.18 Å². The van der Waals surface area contributed by atoms with E-state index in [0.29, 0.717) is 48.8 Å². The maximum Gasteiger partial charge on any atom is 0.447 e. The second-order valence-electron chi connectivity index (χ2n) is 9.85. The highest BCUT2D eigenvalue weighted by atomic mass is 32.2. The monoisotopic (exact) mass is 592 g/mol. The molecule has 0 bridgehead atoms. The minimum absolute atomic E-state index is 0.00709. The summed E-state index contributed by atoms with van der Waals surface area (Å²) >= 11 is -0.269. The summed E-state index contributed by atoms with van der Waals surface area (Å²) in [6, 6.07) is 8.79. The van der Waals surface area contributed by atoms with Crippen LogP contribution in [0.1, 0.15) is 22.3 Å². The number of anilines is 2.